The molecule has 0 heterocycles. The number of nitrogen functional groups attached to an aromatic ring is 1. The monoisotopic (exact) mass is 248 g/mol. The molecule has 0 aliphatic heterocycles. The number of nitrogens with two attached hydrogens (primary N) is 1. The van der Waals surface area contributed by atoms with Crippen LogP contribution in [-0.4, -0.2) is 26.3 Å². The summed E-state index contributed by atoms with van der Waals surface area (Å²) in [7, 11) is 1.75. The molecule has 3 nitrogen and oxygen atoms in total. The van der Waals surface area contributed by atoms with Crippen molar-refractivity contribution < 1.29 is 4.74 Å². The van der Waals surface area contributed by atoms with E-state index in [1.807, 2.05) is 6.07 Å². The molecular weight excluding hydrogens is 224 g/mol. The highest BCUT2D eigenvalue weighted by molar-refractivity contribution is 5.59. The molecule has 0 bridgehead atoms. The zero-order valence-corrected chi connectivity index (χ0v) is 11.6. The van der Waals surface area contributed by atoms with Crippen LogP contribution in [0.2, 0.25) is 0 Å². The molecule has 1 fully saturated rings. The Morgan fingerprint density at radius 1 is 1.39 bits per heavy atom. The van der Waals surface area contributed by atoms with E-state index in [1.165, 1.54) is 24.1 Å². The first kappa shape index (κ1) is 13.2. The molecule has 1 aliphatic carbocycles. The van der Waals surface area contributed by atoms with Crippen LogP contribution in [0.4, 0.5) is 11.4 Å². The van der Waals surface area contributed by atoms with Crippen molar-refractivity contribution in [2.75, 3.05) is 30.9 Å². The average Bonchev–Trinajstić information content (AvgIpc) is 3.11. The molecule has 1 unspecified atom stereocenters. The third-order valence-electron chi connectivity index (χ3n) is 3.75. The molecule has 1 atom stereocenters. The summed E-state index contributed by atoms with van der Waals surface area (Å²) in [5.41, 5.74) is 9.25. The summed E-state index contributed by atoms with van der Waals surface area (Å²) in [6.45, 7) is 6.09. The number of hydrogen-bond acceptors (Lipinski definition) is 3. The molecule has 0 amide bonds. The summed E-state index contributed by atoms with van der Waals surface area (Å²) in [5, 5.41) is 0. The molecule has 2 rings (SSSR count). The van der Waals surface area contributed by atoms with E-state index in [4.69, 9.17) is 10.5 Å². The molecule has 0 saturated heterocycles. The van der Waals surface area contributed by atoms with Gasteiger partial charge in [-0.15, -0.1) is 0 Å². The lowest BCUT2D eigenvalue weighted by molar-refractivity contribution is 0.202. The van der Waals surface area contributed by atoms with Gasteiger partial charge in [0.15, 0.2) is 0 Å². The maximum atomic E-state index is 5.96. The first-order valence-corrected chi connectivity index (χ1v) is 6.74. The van der Waals surface area contributed by atoms with Gasteiger partial charge in [-0.2, -0.15) is 0 Å². The van der Waals surface area contributed by atoms with Crippen molar-refractivity contribution in [1.82, 2.24) is 0 Å². The smallest absolute Gasteiger partial charge is 0.0637 e. The van der Waals surface area contributed by atoms with Gasteiger partial charge in [-0.25, -0.2) is 0 Å². The standard InChI is InChI=1S/C15H24N2O/c1-11-8-14(16)10-15(9-11)17(6-7-18-3)12(2)13-4-5-13/h8-10,12-13H,4-7,16H2,1-3H3. The van der Waals surface area contributed by atoms with Crippen molar-refractivity contribution in [3.8, 4) is 0 Å². The van der Waals surface area contributed by atoms with Crippen molar-refractivity contribution >= 4 is 11.4 Å². The minimum Gasteiger partial charge on any atom is -0.399 e. The molecule has 3 heteroatoms. The first-order chi connectivity index (χ1) is 8.61. The van der Waals surface area contributed by atoms with E-state index >= 15 is 0 Å². The summed E-state index contributed by atoms with van der Waals surface area (Å²) in [5.74, 6) is 0.837. The number of benzene rings is 1. The molecule has 0 aromatic heterocycles. The van der Waals surface area contributed by atoms with E-state index < -0.39 is 0 Å². The summed E-state index contributed by atoms with van der Waals surface area (Å²) in [6.07, 6.45) is 2.71. The Bertz CT molecular complexity index is 381. The zero-order valence-electron chi connectivity index (χ0n) is 11.6. The number of ether oxygens (including phenoxy) is 1. The Balaban J connectivity index is 2.20. The molecule has 1 aromatic rings. The fourth-order valence-corrected chi connectivity index (χ4v) is 2.55. The number of anilines is 2. The van der Waals surface area contributed by atoms with Crippen molar-refractivity contribution in [3.63, 3.8) is 0 Å². The lowest BCUT2D eigenvalue weighted by Gasteiger charge is -2.32. The van der Waals surface area contributed by atoms with E-state index in [0.717, 1.165) is 24.8 Å². The average molecular weight is 248 g/mol. The Labute approximate surface area is 110 Å². The van der Waals surface area contributed by atoms with Crippen LogP contribution in [0.1, 0.15) is 25.3 Å². The van der Waals surface area contributed by atoms with Gasteiger partial charge >= 0.3 is 0 Å². The maximum absolute atomic E-state index is 5.96. The van der Waals surface area contributed by atoms with Crippen LogP contribution >= 0.6 is 0 Å². The number of aryl methyl sites for hydroxylation is 1. The largest absolute Gasteiger partial charge is 0.399 e. The van der Waals surface area contributed by atoms with Gasteiger partial charge in [0, 0.05) is 31.1 Å². The van der Waals surface area contributed by atoms with E-state index in [9.17, 15) is 0 Å². The lowest BCUT2D eigenvalue weighted by atomic mass is 10.1. The van der Waals surface area contributed by atoms with E-state index in [2.05, 4.69) is 30.9 Å². The fourth-order valence-electron chi connectivity index (χ4n) is 2.55. The first-order valence-electron chi connectivity index (χ1n) is 6.74. The van der Waals surface area contributed by atoms with Crippen molar-refractivity contribution in [3.05, 3.63) is 23.8 Å². The quantitative estimate of drug-likeness (QED) is 0.787. The minimum atomic E-state index is 0.571. The Hall–Kier alpha value is -1.22. The van der Waals surface area contributed by atoms with Crippen LogP contribution in [0.15, 0.2) is 18.2 Å². The predicted octanol–water partition coefficient (Wildman–Crippen LogP) is 2.83. The van der Waals surface area contributed by atoms with E-state index in [-0.39, 0.29) is 0 Å². The zero-order chi connectivity index (χ0) is 13.1. The number of hydrogen-bond donors (Lipinski definition) is 1. The highest BCUT2D eigenvalue weighted by Gasteiger charge is 2.32. The molecule has 0 spiro atoms. The highest BCUT2D eigenvalue weighted by Crippen LogP contribution is 2.37. The second-order valence-corrected chi connectivity index (χ2v) is 5.37. The van der Waals surface area contributed by atoms with E-state index in [1.54, 1.807) is 7.11 Å². The topological polar surface area (TPSA) is 38.5 Å². The van der Waals surface area contributed by atoms with Gasteiger partial charge in [-0.1, -0.05) is 0 Å². The minimum absolute atomic E-state index is 0.571. The van der Waals surface area contributed by atoms with Gasteiger partial charge in [0.2, 0.25) is 0 Å². The molecule has 18 heavy (non-hydrogen) atoms. The van der Waals surface area contributed by atoms with E-state index in [0.29, 0.717) is 6.04 Å². The molecule has 2 N–H and O–H groups in total. The molecular formula is C15H24N2O. The second-order valence-electron chi connectivity index (χ2n) is 5.37. The van der Waals surface area contributed by atoms with Crippen LogP contribution < -0.4 is 10.6 Å². The molecule has 1 aromatic carbocycles. The van der Waals surface area contributed by atoms with Gasteiger partial charge < -0.3 is 15.4 Å². The van der Waals surface area contributed by atoms with Crippen LogP contribution in [-0.2, 0) is 4.74 Å². The van der Waals surface area contributed by atoms with Crippen LogP contribution in [0.25, 0.3) is 0 Å². The third kappa shape index (κ3) is 3.16. The molecule has 1 aliphatic rings. The SMILES string of the molecule is COCCN(c1cc(C)cc(N)c1)C(C)C1CC1. The number of nitrogens with zero attached hydrogens (tertiary/aromatic N) is 1. The van der Waals surface area contributed by atoms with Gasteiger partial charge in [-0.3, -0.25) is 0 Å². The Kier molecular flexibility index (Phi) is 4.12. The highest BCUT2D eigenvalue weighted by atomic mass is 16.5. The van der Waals surface area contributed by atoms with Crippen LogP contribution in [0.3, 0.4) is 0 Å². The maximum Gasteiger partial charge on any atom is 0.0637 e. The van der Waals surface area contributed by atoms with Crippen molar-refractivity contribution in [1.29, 1.82) is 0 Å². The third-order valence-corrected chi connectivity index (χ3v) is 3.75. The van der Waals surface area contributed by atoms with Gasteiger partial charge in [0.05, 0.1) is 6.61 Å². The summed E-state index contributed by atoms with van der Waals surface area (Å²) in [4.78, 5) is 2.44. The number of rotatable bonds is 6. The van der Waals surface area contributed by atoms with Crippen molar-refractivity contribution in [2.24, 2.45) is 5.92 Å². The van der Waals surface area contributed by atoms with Crippen LogP contribution in [0.5, 0.6) is 0 Å². The predicted molar refractivity (Wildman–Crippen MR) is 77.0 cm³/mol. The van der Waals surface area contributed by atoms with Gasteiger partial charge in [-0.05, 0) is 56.4 Å². The van der Waals surface area contributed by atoms with Crippen molar-refractivity contribution in [2.45, 2.75) is 32.7 Å². The lowest BCUT2D eigenvalue weighted by Crippen LogP contribution is -2.37. The molecule has 100 valence electrons. The van der Waals surface area contributed by atoms with Gasteiger partial charge in [0.1, 0.15) is 0 Å². The summed E-state index contributed by atoms with van der Waals surface area (Å²) >= 11 is 0. The Morgan fingerprint density at radius 2 is 2.11 bits per heavy atom. The normalized spacial score (nSPS) is 16.6. The van der Waals surface area contributed by atoms with Gasteiger partial charge in [0.25, 0.3) is 0 Å². The summed E-state index contributed by atoms with van der Waals surface area (Å²) in [6, 6.07) is 6.87. The fraction of sp³-hybridized carbons (Fsp3) is 0.600. The molecule has 1 saturated carbocycles. The van der Waals surface area contributed by atoms with Crippen LogP contribution in [0, 0.1) is 12.8 Å². The molecule has 0 radical (unpaired) electrons. The second kappa shape index (κ2) is 5.61. The summed E-state index contributed by atoms with van der Waals surface area (Å²) < 4.78 is 5.23. The number of methoxy groups -OCH3 is 1. The Morgan fingerprint density at radius 3 is 2.67 bits per heavy atom.